The lowest BCUT2D eigenvalue weighted by molar-refractivity contribution is -0.384. The maximum atomic E-state index is 10.7. The lowest BCUT2D eigenvalue weighted by atomic mass is 10.2. The van der Waals surface area contributed by atoms with Gasteiger partial charge < -0.3 is 10.5 Å². The van der Waals surface area contributed by atoms with Crippen LogP contribution in [0.4, 0.5) is 11.4 Å². The van der Waals surface area contributed by atoms with Gasteiger partial charge >= 0.3 is 0 Å². The van der Waals surface area contributed by atoms with E-state index in [4.69, 9.17) is 22.1 Å². The van der Waals surface area contributed by atoms with Gasteiger partial charge in [-0.15, -0.1) is 0 Å². The Hall–Kier alpha value is -2.27. The van der Waals surface area contributed by atoms with Gasteiger partial charge in [0.05, 0.1) is 16.7 Å². The molecule has 0 aliphatic rings. The van der Waals surface area contributed by atoms with Crippen LogP contribution in [0.15, 0.2) is 42.5 Å². The summed E-state index contributed by atoms with van der Waals surface area (Å²) >= 11 is 5.99. The zero-order chi connectivity index (χ0) is 13.8. The van der Waals surface area contributed by atoms with Crippen LogP contribution in [0.2, 0.25) is 5.02 Å². The summed E-state index contributed by atoms with van der Waals surface area (Å²) in [6.07, 6.45) is 0. The number of hydrogen-bond acceptors (Lipinski definition) is 4. The van der Waals surface area contributed by atoms with Crippen LogP contribution in [0.1, 0.15) is 5.56 Å². The summed E-state index contributed by atoms with van der Waals surface area (Å²) in [5, 5.41) is 11.3. The third kappa shape index (κ3) is 3.14. The van der Waals surface area contributed by atoms with Crippen molar-refractivity contribution in [2.75, 3.05) is 5.73 Å². The average Bonchev–Trinajstić information content (AvgIpc) is 2.39. The number of ether oxygens (including phenoxy) is 1. The predicted molar refractivity (Wildman–Crippen MR) is 73.3 cm³/mol. The number of halogens is 1. The molecule has 0 bridgehead atoms. The van der Waals surface area contributed by atoms with Crippen molar-refractivity contribution < 1.29 is 9.66 Å². The molecule has 2 rings (SSSR count). The number of nitrogen functional groups attached to an aromatic ring is 1. The first kappa shape index (κ1) is 13.2. The summed E-state index contributed by atoms with van der Waals surface area (Å²) in [5.41, 5.74) is 6.78. The Morgan fingerprint density at radius 2 is 2.00 bits per heavy atom. The molecule has 5 nitrogen and oxygen atoms in total. The molecule has 0 radical (unpaired) electrons. The third-order valence-electron chi connectivity index (χ3n) is 2.55. The molecule has 0 spiro atoms. The number of nitrogens with two attached hydrogens (primary N) is 1. The quantitative estimate of drug-likeness (QED) is 0.528. The summed E-state index contributed by atoms with van der Waals surface area (Å²) in [5.74, 6) is 0.272. The zero-order valence-electron chi connectivity index (χ0n) is 9.88. The van der Waals surface area contributed by atoms with Crippen molar-refractivity contribution in [2.24, 2.45) is 0 Å². The number of rotatable bonds is 4. The second kappa shape index (κ2) is 5.58. The van der Waals surface area contributed by atoms with Crippen LogP contribution in [0.5, 0.6) is 5.75 Å². The van der Waals surface area contributed by atoms with E-state index in [1.807, 2.05) is 18.2 Å². The molecule has 0 amide bonds. The van der Waals surface area contributed by atoms with Crippen molar-refractivity contribution in [1.29, 1.82) is 0 Å². The van der Waals surface area contributed by atoms with Crippen molar-refractivity contribution in [1.82, 2.24) is 0 Å². The summed E-state index contributed by atoms with van der Waals surface area (Å²) < 4.78 is 5.48. The van der Waals surface area contributed by atoms with Crippen molar-refractivity contribution in [3.8, 4) is 5.75 Å². The lowest BCUT2D eigenvalue weighted by Gasteiger charge is -2.09. The second-order valence-corrected chi connectivity index (χ2v) is 4.27. The summed E-state index contributed by atoms with van der Waals surface area (Å²) in [7, 11) is 0. The number of hydrogen-bond donors (Lipinski definition) is 1. The predicted octanol–water partition coefficient (Wildman–Crippen LogP) is 3.41. The van der Waals surface area contributed by atoms with Gasteiger partial charge in [0.15, 0.2) is 0 Å². The van der Waals surface area contributed by atoms with E-state index in [1.165, 1.54) is 18.2 Å². The van der Waals surface area contributed by atoms with Crippen molar-refractivity contribution in [3.05, 3.63) is 63.2 Å². The second-order valence-electron chi connectivity index (χ2n) is 3.86. The fourth-order valence-electron chi connectivity index (χ4n) is 1.53. The van der Waals surface area contributed by atoms with E-state index in [0.29, 0.717) is 10.7 Å². The Morgan fingerprint density at radius 3 is 2.68 bits per heavy atom. The van der Waals surface area contributed by atoms with E-state index in [1.54, 1.807) is 6.07 Å². The van der Waals surface area contributed by atoms with Crippen LogP contribution in [0, 0.1) is 10.1 Å². The van der Waals surface area contributed by atoms with Crippen molar-refractivity contribution in [2.45, 2.75) is 6.61 Å². The number of non-ortho nitro benzene ring substituents is 1. The minimum Gasteiger partial charge on any atom is -0.486 e. The van der Waals surface area contributed by atoms with Gasteiger partial charge in [0, 0.05) is 16.7 Å². The largest absolute Gasteiger partial charge is 0.486 e. The maximum absolute atomic E-state index is 10.7. The lowest BCUT2D eigenvalue weighted by Crippen LogP contribution is -2.00. The van der Waals surface area contributed by atoms with Gasteiger partial charge in [-0.1, -0.05) is 29.8 Å². The highest BCUT2D eigenvalue weighted by Gasteiger charge is 2.10. The molecule has 6 heteroatoms. The summed E-state index contributed by atoms with van der Waals surface area (Å²) in [4.78, 5) is 10.2. The average molecular weight is 279 g/mol. The van der Waals surface area contributed by atoms with Gasteiger partial charge in [0.25, 0.3) is 5.69 Å². The van der Waals surface area contributed by atoms with E-state index in [2.05, 4.69) is 0 Å². The molecule has 0 aliphatic heterocycles. The molecular weight excluding hydrogens is 268 g/mol. The Bertz CT molecular complexity index is 617. The van der Waals surface area contributed by atoms with E-state index in [9.17, 15) is 10.1 Å². The highest BCUT2D eigenvalue weighted by atomic mass is 35.5. The Kier molecular flexibility index (Phi) is 3.87. The SMILES string of the molecule is Nc1ccc([N+](=O)[O-])cc1OCc1ccccc1Cl. The fourth-order valence-corrected chi connectivity index (χ4v) is 1.72. The van der Waals surface area contributed by atoms with Gasteiger partial charge in [-0.3, -0.25) is 10.1 Å². The Balaban J connectivity index is 2.17. The van der Waals surface area contributed by atoms with Crippen LogP contribution >= 0.6 is 11.6 Å². The molecule has 2 N–H and O–H groups in total. The molecule has 0 unspecified atom stereocenters. The molecule has 98 valence electrons. The van der Waals surface area contributed by atoms with Crippen LogP contribution in [0.3, 0.4) is 0 Å². The van der Waals surface area contributed by atoms with Crippen LogP contribution < -0.4 is 10.5 Å². The first-order valence-electron chi connectivity index (χ1n) is 5.48. The minimum atomic E-state index is -0.498. The summed E-state index contributed by atoms with van der Waals surface area (Å²) in [6.45, 7) is 0.199. The van der Waals surface area contributed by atoms with Gasteiger partial charge in [0.1, 0.15) is 12.4 Å². The van der Waals surface area contributed by atoms with Gasteiger partial charge in [-0.2, -0.15) is 0 Å². The zero-order valence-corrected chi connectivity index (χ0v) is 10.6. The molecule has 0 aromatic heterocycles. The van der Waals surface area contributed by atoms with Crippen LogP contribution in [-0.2, 0) is 6.61 Å². The first-order chi connectivity index (χ1) is 9.08. The number of nitro groups is 1. The third-order valence-corrected chi connectivity index (χ3v) is 2.92. The molecule has 0 heterocycles. The number of benzene rings is 2. The molecule has 0 saturated heterocycles. The number of nitrogens with zero attached hydrogens (tertiary/aromatic N) is 1. The molecule has 2 aromatic carbocycles. The molecule has 0 saturated carbocycles. The smallest absolute Gasteiger partial charge is 0.273 e. The Labute approximate surface area is 114 Å². The normalized spacial score (nSPS) is 10.2. The number of anilines is 1. The van der Waals surface area contributed by atoms with Crippen molar-refractivity contribution >= 4 is 23.0 Å². The van der Waals surface area contributed by atoms with Gasteiger partial charge in [-0.25, -0.2) is 0 Å². The van der Waals surface area contributed by atoms with Crippen LogP contribution in [-0.4, -0.2) is 4.92 Å². The van der Waals surface area contributed by atoms with Gasteiger partial charge in [0.2, 0.25) is 0 Å². The van der Waals surface area contributed by atoms with E-state index >= 15 is 0 Å². The minimum absolute atomic E-state index is 0.0663. The molecule has 19 heavy (non-hydrogen) atoms. The van der Waals surface area contributed by atoms with Crippen LogP contribution in [0.25, 0.3) is 0 Å². The van der Waals surface area contributed by atoms with E-state index < -0.39 is 4.92 Å². The number of nitro benzene ring substituents is 1. The molecule has 0 aliphatic carbocycles. The highest BCUT2D eigenvalue weighted by Crippen LogP contribution is 2.28. The molecule has 2 aromatic rings. The van der Waals surface area contributed by atoms with Gasteiger partial charge in [-0.05, 0) is 12.1 Å². The molecular formula is C13H11ClN2O3. The first-order valence-corrected chi connectivity index (χ1v) is 5.86. The molecule has 0 atom stereocenters. The monoisotopic (exact) mass is 278 g/mol. The molecule has 0 fully saturated rings. The van der Waals surface area contributed by atoms with E-state index in [-0.39, 0.29) is 18.0 Å². The standard InChI is InChI=1S/C13H11ClN2O3/c14-11-4-2-1-3-9(11)8-19-13-7-10(16(17)18)5-6-12(13)15/h1-7H,8,15H2. The Morgan fingerprint density at radius 1 is 1.26 bits per heavy atom. The summed E-state index contributed by atoms with van der Waals surface area (Å²) in [6, 6.07) is 11.3. The van der Waals surface area contributed by atoms with E-state index in [0.717, 1.165) is 5.56 Å². The fraction of sp³-hybridized carbons (Fsp3) is 0.0769. The van der Waals surface area contributed by atoms with Crippen molar-refractivity contribution in [3.63, 3.8) is 0 Å². The topological polar surface area (TPSA) is 78.4 Å². The maximum Gasteiger partial charge on any atom is 0.273 e. The highest BCUT2D eigenvalue weighted by molar-refractivity contribution is 6.31.